The predicted octanol–water partition coefficient (Wildman–Crippen LogP) is 1.92. The second-order valence-electron chi connectivity index (χ2n) is 5.60. The van der Waals surface area contributed by atoms with Gasteiger partial charge in [0.15, 0.2) is 0 Å². The molecule has 2 rings (SSSR count). The molecule has 0 bridgehead atoms. The first kappa shape index (κ1) is 11.4. The van der Waals surface area contributed by atoms with Crippen molar-refractivity contribution in [3.63, 3.8) is 0 Å². The SMILES string of the molecule is CN(C)c1ccc(C2(C(C)(C)N)CC2)cn1. The summed E-state index contributed by atoms with van der Waals surface area (Å²) in [6.07, 6.45) is 4.34. The van der Waals surface area contributed by atoms with E-state index in [4.69, 9.17) is 5.73 Å². The van der Waals surface area contributed by atoms with Gasteiger partial charge in [0, 0.05) is 31.2 Å². The fourth-order valence-electron chi connectivity index (χ4n) is 2.36. The minimum atomic E-state index is -0.158. The van der Waals surface area contributed by atoms with Gasteiger partial charge in [-0.2, -0.15) is 0 Å². The van der Waals surface area contributed by atoms with Gasteiger partial charge in [-0.1, -0.05) is 6.07 Å². The molecule has 1 saturated carbocycles. The number of pyridine rings is 1. The van der Waals surface area contributed by atoms with E-state index < -0.39 is 0 Å². The molecule has 0 saturated heterocycles. The highest BCUT2D eigenvalue weighted by molar-refractivity contribution is 5.42. The van der Waals surface area contributed by atoms with Crippen molar-refractivity contribution in [2.75, 3.05) is 19.0 Å². The molecule has 16 heavy (non-hydrogen) atoms. The molecule has 3 heteroatoms. The van der Waals surface area contributed by atoms with Crippen molar-refractivity contribution in [2.45, 2.75) is 37.6 Å². The van der Waals surface area contributed by atoms with Crippen molar-refractivity contribution in [3.8, 4) is 0 Å². The van der Waals surface area contributed by atoms with Crippen LogP contribution in [-0.4, -0.2) is 24.6 Å². The van der Waals surface area contributed by atoms with Gasteiger partial charge in [0.25, 0.3) is 0 Å². The number of nitrogens with two attached hydrogens (primary N) is 1. The van der Waals surface area contributed by atoms with Crippen molar-refractivity contribution in [2.24, 2.45) is 5.73 Å². The Morgan fingerprint density at radius 2 is 1.94 bits per heavy atom. The molecule has 1 aromatic rings. The molecule has 0 aliphatic heterocycles. The van der Waals surface area contributed by atoms with Crippen LogP contribution in [-0.2, 0) is 5.41 Å². The van der Waals surface area contributed by atoms with Gasteiger partial charge in [0.1, 0.15) is 5.82 Å². The molecule has 0 unspecified atom stereocenters. The molecule has 1 aliphatic rings. The third kappa shape index (κ3) is 1.69. The fourth-order valence-corrected chi connectivity index (χ4v) is 2.36. The summed E-state index contributed by atoms with van der Waals surface area (Å²) in [5, 5.41) is 0. The van der Waals surface area contributed by atoms with Crippen molar-refractivity contribution < 1.29 is 0 Å². The summed E-state index contributed by atoms with van der Waals surface area (Å²) in [5.74, 6) is 0.995. The average Bonchev–Trinajstić information content (AvgIpc) is 2.97. The first-order valence-electron chi connectivity index (χ1n) is 5.79. The average molecular weight is 219 g/mol. The lowest BCUT2D eigenvalue weighted by Crippen LogP contribution is -2.45. The Morgan fingerprint density at radius 1 is 1.31 bits per heavy atom. The van der Waals surface area contributed by atoms with E-state index in [1.165, 1.54) is 18.4 Å². The summed E-state index contributed by atoms with van der Waals surface area (Å²) in [5.41, 5.74) is 7.55. The Hall–Kier alpha value is -1.09. The van der Waals surface area contributed by atoms with Crippen LogP contribution in [0.1, 0.15) is 32.3 Å². The van der Waals surface area contributed by atoms with Crippen LogP contribution in [0.15, 0.2) is 18.3 Å². The number of hydrogen-bond acceptors (Lipinski definition) is 3. The zero-order chi connectivity index (χ0) is 12.0. The lowest BCUT2D eigenvalue weighted by Gasteiger charge is -2.31. The monoisotopic (exact) mass is 219 g/mol. The van der Waals surface area contributed by atoms with Gasteiger partial charge in [0.2, 0.25) is 0 Å². The summed E-state index contributed by atoms with van der Waals surface area (Å²) in [6.45, 7) is 4.22. The molecule has 88 valence electrons. The zero-order valence-corrected chi connectivity index (χ0v) is 10.6. The van der Waals surface area contributed by atoms with Gasteiger partial charge >= 0.3 is 0 Å². The first-order valence-corrected chi connectivity index (χ1v) is 5.79. The minimum Gasteiger partial charge on any atom is -0.363 e. The standard InChI is InChI=1S/C13H21N3/c1-12(2,14)13(7-8-13)10-5-6-11(15-9-10)16(3)4/h5-6,9H,7-8,14H2,1-4H3. The van der Waals surface area contributed by atoms with E-state index in [-0.39, 0.29) is 11.0 Å². The lowest BCUT2D eigenvalue weighted by molar-refractivity contribution is 0.391. The second kappa shape index (κ2) is 3.45. The Labute approximate surface area is 97.7 Å². The maximum Gasteiger partial charge on any atom is 0.127 e. The van der Waals surface area contributed by atoms with Gasteiger partial charge < -0.3 is 10.6 Å². The number of aromatic nitrogens is 1. The molecule has 1 aromatic heterocycles. The van der Waals surface area contributed by atoms with E-state index in [0.29, 0.717) is 0 Å². The third-order valence-corrected chi connectivity index (χ3v) is 3.74. The highest BCUT2D eigenvalue weighted by Gasteiger charge is 2.53. The maximum atomic E-state index is 6.27. The minimum absolute atomic E-state index is 0.158. The van der Waals surface area contributed by atoms with Gasteiger partial charge in [-0.15, -0.1) is 0 Å². The largest absolute Gasteiger partial charge is 0.363 e. The molecule has 2 N–H and O–H groups in total. The van der Waals surface area contributed by atoms with Crippen LogP contribution in [0.2, 0.25) is 0 Å². The number of anilines is 1. The van der Waals surface area contributed by atoms with Gasteiger partial charge in [0.05, 0.1) is 0 Å². The van der Waals surface area contributed by atoms with Crippen LogP contribution >= 0.6 is 0 Å². The number of nitrogens with zero attached hydrogens (tertiary/aromatic N) is 2. The van der Waals surface area contributed by atoms with Crippen molar-refractivity contribution >= 4 is 5.82 Å². The van der Waals surface area contributed by atoms with Gasteiger partial charge in [-0.25, -0.2) is 4.98 Å². The molecule has 0 aromatic carbocycles. The van der Waals surface area contributed by atoms with E-state index in [2.05, 4.69) is 31.0 Å². The zero-order valence-electron chi connectivity index (χ0n) is 10.6. The van der Waals surface area contributed by atoms with Gasteiger partial charge in [-0.05, 0) is 38.3 Å². The van der Waals surface area contributed by atoms with Crippen LogP contribution in [0.4, 0.5) is 5.82 Å². The summed E-state index contributed by atoms with van der Waals surface area (Å²) in [4.78, 5) is 6.48. The van der Waals surface area contributed by atoms with E-state index in [9.17, 15) is 0 Å². The highest BCUT2D eigenvalue weighted by atomic mass is 15.1. The summed E-state index contributed by atoms with van der Waals surface area (Å²) in [6, 6.07) is 4.24. The van der Waals surface area contributed by atoms with E-state index in [1.54, 1.807) is 0 Å². The van der Waals surface area contributed by atoms with Crippen molar-refractivity contribution in [3.05, 3.63) is 23.9 Å². The van der Waals surface area contributed by atoms with E-state index in [0.717, 1.165) is 5.82 Å². The fraction of sp³-hybridized carbons (Fsp3) is 0.615. The summed E-state index contributed by atoms with van der Waals surface area (Å²) in [7, 11) is 4.00. The number of rotatable bonds is 3. The molecule has 1 aliphatic carbocycles. The van der Waals surface area contributed by atoms with E-state index in [1.807, 2.05) is 25.2 Å². The molecule has 0 atom stereocenters. The molecule has 0 amide bonds. The molecule has 1 fully saturated rings. The molecular formula is C13H21N3. The predicted molar refractivity (Wildman–Crippen MR) is 67.7 cm³/mol. The van der Waals surface area contributed by atoms with Crippen LogP contribution in [0.25, 0.3) is 0 Å². The number of hydrogen-bond donors (Lipinski definition) is 1. The Bertz CT molecular complexity index is 369. The first-order chi connectivity index (χ1) is 7.37. The second-order valence-corrected chi connectivity index (χ2v) is 5.60. The summed E-state index contributed by atoms with van der Waals surface area (Å²) >= 11 is 0. The van der Waals surface area contributed by atoms with Crippen LogP contribution in [0, 0.1) is 0 Å². The van der Waals surface area contributed by atoms with Gasteiger partial charge in [-0.3, -0.25) is 0 Å². The highest BCUT2D eigenvalue weighted by Crippen LogP contribution is 2.54. The van der Waals surface area contributed by atoms with Crippen LogP contribution < -0.4 is 10.6 Å². The van der Waals surface area contributed by atoms with Crippen molar-refractivity contribution in [1.29, 1.82) is 0 Å². The normalized spacial score (nSPS) is 18.3. The van der Waals surface area contributed by atoms with Crippen LogP contribution in [0.5, 0.6) is 0 Å². The Kier molecular flexibility index (Phi) is 2.46. The third-order valence-electron chi connectivity index (χ3n) is 3.74. The van der Waals surface area contributed by atoms with Crippen LogP contribution in [0.3, 0.4) is 0 Å². The maximum absolute atomic E-state index is 6.27. The smallest absolute Gasteiger partial charge is 0.127 e. The quantitative estimate of drug-likeness (QED) is 0.844. The van der Waals surface area contributed by atoms with Crippen molar-refractivity contribution in [1.82, 2.24) is 4.98 Å². The Morgan fingerprint density at radius 3 is 2.25 bits per heavy atom. The molecular weight excluding hydrogens is 198 g/mol. The lowest BCUT2D eigenvalue weighted by atomic mass is 9.80. The molecule has 3 nitrogen and oxygen atoms in total. The molecule has 1 heterocycles. The molecule has 0 radical (unpaired) electrons. The van der Waals surface area contributed by atoms with E-state index >= 15 is 0 Å². The molecule has 0 spiro atoms. The Balaban J connectivity index is 2.29. The topological polar surface area (TPSA) is 42.1 Å². The summed E-state index contributed by atoms with van der Waals surface area (Å²) < 4.78 is 0.